The van der Waals surface area contributed by atoms with Gasteiger partial charge in [0, 0.05) is 13.0 Å². The molecule has 0 fully saturated rings. The number of terminal acetylenes is 1. The maximum absolute atomic E-state index is 11.5. The largest absolute Gasteiger partial charge is 0.389 e. The smallest absolute Gasteiger partial charge is 0.369 e. The summed E-state index contributed by atoms with van der Waals surface area (Å²) >= 11 is 0. The molecule has 0 saturated heterocycles. The predicted molar refractivity (Wildman–Crippen MR) is 34.9 cm³/mol. The van der Waals surface area contributed by atoms with Crippen LogP contribution in [-0.2, 0) is 4.74 Å². The average Bonchev–Trinajstić information content (AvgIpc) is 1.85. The highest BCUT2D eigenvalue weighted by Gasteiger charge is 2.25. The van der Waals surface area contributed by atoms with Gasteiger partial charge in [-0.1, -0.05) is 5.92 Å². The average molecular weight is 166 g/mol. The van der Waals surface area contributed by atoms with Crippen molar-refractivity contribution in [3.63, 3.8) is 0 Å². The van der Waals surface area contributed by atoms with Crippen molar-refractivity contribution in [1.29, 1.82) is 0 Å². The van der Waals surface area contributed by atoms with Crippen molar-refractivity contribution >= 4 is 0 Å². The van der Waals surface area contributed by atoms with Crippen LogP contribution in [-0.4, -0.2) is 19.4 Å². The third kappa shape index (κ3) is 9.31. The molecule has 0 spiro atoms. The third-order valence-electron chi connectivity index (χ3n) is 0.934. The number of alkyl halides is 3. The monoisotopic (exact) mass is 166 g/mol. The zero-order chi connectivity index (χ0) is 8.74. The van der Waals surface area contributed by atoms with E-state index in [1.54, 1.807) is 0 Å². The Hall–Kier alpha value is -0.690. The molecule has 0 aliphatic rings. The normalized spacial score (nSPS) is 11.1. The summed E-state index contributed by atoms with van der Waals surface area (Å²) in [6.07, 6.45) is -0.115. The predicted octanol–water partition coefficient (Wildman–Crippen LogP) is 1.98. The van der Waals surface area contributed by atoms with Crippen LogP contribution < -0.4 is 0 Å². The van der Waals surface area contributed by atoms with E-state index >= 15 is 0 Å². The number of hydrogen-bond donors (Lipinski definition) is 0. The SMILES string of the molecule is C#CCOCCCC(F)(F)F. The van der Waals surface area contributed by atoms with Gasteiger partial charge in [-0.3, -0.25) is 0 Å². The molecule has 4 heteroatoms. The molecule has 0 aliphatic carbocycles. The molecule has 0 amide bonds. The molecule has 0 aromatic heterocycles. The Balaban J connectivity index is 3.10. The van der Waals surface area contributed by atoms with Gasteiger partial charge in [0.25, 0.3) is 0 Å². The van der Waals surface area contributed by atoms with Gasteiger partial charge in [-0.2, -0.15) is 13.2 Å². The van der Waals surface area contributed by atoms with Crippen LogP contribution in [0.3, 0.4) is 0 Å². The fourth-order valence-corrected chi connectivity index (χ4v) is 0.506. The Morgan fingerprint density at radius 3 is 2.45 bits per heavy atom. The first-order valence-electron chi connectivity index (χ1n) is 3.14. The number of halogens is 3. The molecule has 0 radical (unpaired) electrons. The molecule has 11 heavy (non-hydrogen) atoms. The van der Waals surface area contributed by atoms with Crippen molar-refractivity contribution in [3.8, 4) is 12.3 Å². The zero-order valence-electron chi connectivity index (χ0n) is 5.95. The van der Waals surface area contributed by atoms with Gasteiger partial charge in [-0.05, 0) is 6.42 Å². The summed E-state index contributed by atoms with van der Waals surface area (Å²) in [5.41, 5.74) is 0. The maximum atomic E-state index is 11.5. The Bertz CT molecular complexity index is 134. The standard InChI is InChI=1S/C7H9F3O/c1-2-5-11-6-3-4-7(8,9)10/h1H,3-6H2. The van der Waals surface area contributed by atoms with Crippen LogP contribution >= 0.6 is 0 Å². The van der Waals surface area contributed by atoms with Crippen LogP contribution in [0.2, 0.25) is 0 Å². The minimum atomic E-state index is -4.08. The van der Waals surface area contributed by atoms with Gasteiger partial charge in [0.15, 0.2) is 0 Å². The molecular weight excluding hydrogens is 157 g/mol. The van der Waals surface area contributed by atoms with Crippen molar-refractivity contribution in [2.75, 3.05) is 13.2 Å². The number of rotatable bonds is 4. The van der Waals surface area contributed by atoms with Crippen LogP contribution in [0.1, 0.15) is 12.8 Å². The van der Waals surface area contributed by atoms with Gasteiger partial charge in [-0.25, -0.2) is 0 Å². The Labute approximate surface area is 63.5 Å². The highest BCUT2D eigenvalue weighted by atomic mass is 19.4. The second-order valence-corrected chi connectivity index (χ2v) is 1.98. The second-order valence-electron chi connectivity index (χ2n) is 1.98. The van der Waals surface area contributed by atoms with Crippen molar-refractivity contribution < 1.29 is 17.9 Å². The summed E-state index contributed by atoms with van der Waals surface area (Å²) in [4.78, 5) is 0. The molecule has 0 heterocycles. The van der Waals surface area contributed by atoms with E-state index in [1.807, 2.05) is 0 Å². The van der Waals surface area contributed by atoms with Crippen molar-refractivity contribution in [2.45, 2.75) is 19.0 Å². The van der Waals surface area contributed by atoms with Gasteiger partial charge >= 0.3 is 6.18 Å². The van der Waals surface area contributed by atoms with Crippen LogP contribution in [0.5, 0.6) is 0 Å². The summed E-state index contributed by atoms with van der Waals surface area (Å²) in [5.74, 6) is 2.16. The van der Waals surface area contributed by atoms with Crippen LogP contribution in [0.25, 0.3) is 0 Å². The van der Waals surface area contributed by atoms with Crippen LogP contribution in [0, 0.1) is 12.3 Å². The fraction of sp³-hybridized carbons (Fsp3) is 0.714. The molecule has 0 aliphatic heterocycles. The molecule has 0 N–H and O–H groups in total. The molecule has 0 aromatic rings. The first-order chi connectivity index (χ1) is 5.06. The van der Waals surface area contributed by atoms with Crippen molar-refractivity contribution in [3.05, 3.63) is 0 Å². The molecule has 0 atom stereocenters. The molecule has 0 rings (SSSR count). The summed E-state index contributed by atoms with van der Waals surface area (Å²) in [7, 11) is 0. The molecule has 1 nitrogen and oxygen atoms in total. The molecule has 0 bridgehead atoms. The lowest BCUT2D eigenvalue weighted by Crippen LogP contribution is -2.08. The molecule has 64 valence electrons. The van der Waals surface area contributed by atoms with E-state index in [0.717, 1.165) is 0 Å². The van der Waals surface area contributed by atoms with Crippen molar-refractivity contribution in [1.82, 2.24) is 0 Å². The second kappa shape index (κ2) is 5.03. The van der Waals surface area contributed by atoms with Crippen LogP contribution in [0.15, 0.2) is 0 Å². The highest BCUT2D eigenvalue weighted by molar-refractivity contribution is 4.82. The van der Waals surface area contributed by atoms with E-state index in [1.165, 1.54) is 0 Å². The van der Waals surface area contributed by atoms with E-state index in [-0.39, 0.29) is 19.6 Å². The lowest BCUT2D eigenvalue weighted by Gasteiger charge is -2.04. The van der Waals surface area contributed by atoms with E-state index in [4.69, 9.17) is 6.42 Å². The third-order valence-corrected chi connectivity index (χ3v) is 0.934. The van der Waals surface area contributed by atoms with E-state index < -0.39 is 12.6 Å². The summed E-state index contributed by atoms with van der Waals surface area (Å²) in [6, 6.07) is 0. The lowest BCUT2D eigenvalue weighted by atomic mass is 10.3. The molecule has 0 unspecified atom stereocenters. The topological polar surface area (TPSA) is 9.23 Å². The van der Waals surface area contributed by atoms with Gasteiger partial charge in [-0.15, -0.1) is 6.42 Å². The Morgan fingerprint density at radius 1 is 1.36 bits per heavy atom. The van der Waals surface area contributed by atoms with E-state index in [0.29, 0.717) is 0 Å². The number of ether oxygens (including phenoxy) is 1. The lowest BCUT2D eigenvalue weighted by molar-refractivity contribution is -0.137. The Kier molecular flexibility index (Phi) is 4.71. The number of hydrogen-bond acceptors (Lipinski definition) is 1. The zero-order valence-corrected chi connectivity index (χ0v) is 5.95. The summed E-state index contributed by atoms with van der Waals surface area (Å²) < 4.78 is 39.0. The highest BCUT2D eigenvalue weighted by Crippen LogP contribution is 2.20. The van der Waals surface area contributed by atoms with Gasteiger partial charge in [0.1, 0.15) is 6.61 Å². The molecular formula is C7H9F3O. The minimum Gasteiger partial charge on any atom is -0.369 e. The first kappa shape index (κ1) is 10.3. The first-order valence-corrected chi connectivity index (χ1v) is 3.14. The minimum absolute atomic E-state index is 0.0226. The van der Waals surface area contributed by atoms with E-state index in [2.05, 4.69) is 10.7 Å². The molecule has 0 saturated carbocycles. The summed E-state index contributed by atoms with van der Waals surface area (Å²) in [5, 5.41) is 0. The van der Waals surface area contributed by atoms with Crippen LogP contribution in [0.4, 0.5) is 13.2 Å². The van der Waals surface area contributed by atoms with Crippen molar-refractivity contribution in [2.24, 2.45) is 0 Å². The fourth-order valence-electron chi connectivity index (χ4n) is 0.506. The quantitative estimate of drug-likeness (QED) is 0.458. The summed E-state index contributed by atoms with van der Waals surface area (Å²) in [6.45, 7) is 0.154. The van der Waals surface area contributed by atoms with Gasteiger partial charge in [0.2, 0.25) is 0 Å². The Morgan fingerprint density at radius 2 is 2.00 bits per heavy atom. The molecule has 0 aromatic carbocycles. The van der Waals surface area contributed by atoms with Gasteiger partial charge in [0.05, 0.1) is 0 Å². The van der Waals surface area contributed by atoms with E-state index in [9.17, 15) is 13.2 Å². The maximum Gasteiger partial charge on any atom is 0.389 e. The van der Waals surface area contributed by atoms with Gasteiger partial charge < -0.3 is 4.74 Å².